The van der Waals surface area contributed by atoms with Gasteiger partial charge in [0.05, 0.1) is 19.2 Å². The third-order valence-corrected chi connectivity index (χ3v) is 3.68. The summed E-state index contributed by atoms with van der Waals surface area (Å²) in [5.74, 6) is 0.153. The van der Waals surface area contributed by atoms with Crippen LogP contribution in [0.4, 0.5) is 0 Å². The summed E-state index contributed by atoms with van der Waals surface area (Å²) in [6, 6.07) is 8.10. The fourth-order valence-electron chi connectivity index (χ4n) is 2.59. The van der Waals surface area contributed by atoms with Crippen LogP contribution < -0.4 is 4.74 Å². The van der Waals surface area contributed by atoms with E-state index >= 15 is 0 Å². The molecule has 0 unspecified atom stereocenters. The van der Waals surface area contributed by atoms with Gasteiger partial charge in [0.1, 0.15) is 12.4 Å². The summed E-state index contributed by atoms with van der Waals surface area (Å²) >= 11 is 0. The van der Waals surface area contributed by atoms with Crippen molar-refractivity contribution in [3.8, 4) is 5.75 Å². The van der Waals surface area contributed by atoms with E-state index in [0.29, 0.717) is 13.2 Å². The van der Waals surface area contributed by atoms with Crippen LogP contribution in [0.3, 0.4) is 0 Å². The standard InChI is InChI=1S/C16H19N3O3/c20-16(21)5-6-19-11-13(9-17-19)10-18-7-8-22-15-4-2-1-3-14(15)12-18/h1-4,9,11H,5-8,10,12H2,(H,20,21). The maximum Gasteiger partial charge on any atom is 0.305 e. The van der Waals surface area contributed by atoms with Crippen molar-refractivity contribution in [2.75, 3.05) is 13.2 Å². The van der Waals surface area contributed by atoms with Crippen LogP contribution in [0.1, 0.15) is 17.5 Å². The Balaban J connectivity index is 1.62. The predicted molar refractivity (Wildman–Crippen MR) is 80.5 cm³/mol. The zero-order chi connectivity index (χ0) is 15.4. The molecule has 22 heavy (non-hydrogen) atoms. The summed E-state index contributed by atoms with van der Waals surface area (Å²) in [5.41, 5.74) is 2.28. The maximum absolute atomic E-state index is 10.6. The lowest BCUT2D eigenvalue weighted by Crippen LogP contribution is -2.25. The minimum atomic E-state index is -0.807. The molecule has 0 bridgehead atoms. The van der Waals surface area contributed by atoms with Crippen LogP contribution in [0, 0.1) is 0 Å². The molecule has 0 fully saturated rings. The lowest BCUT2D eigenvalue weighted by atomic mass is 10.2. The van der Waals surface area contributed by atoms with E-state index in [2.05, 4.69) is 16.1 Å². The van der Waals surface area contributed by atoms with Crippen LogP contribution in [0.2, 0.25) is 0 Å². The van der Waals surface area contributed by atoms with E-state index in [0.717, 1.165) is 30.9 Å². The van der Waals surface area contributed by atoms with E-state index < -0.39 is 5.97 Å². The molecule has 0 aliphatic carbocycles. The van der Waals surface area contributed by atoms with Crippen molar-refractivity contribution < 1.29 is 14.6 Å². The maximum atomic E-state index is 10.6. The first-order valence-corrected chi connectivity index (χ1v) is 7.37. The molecule has 2 heterocycles. The first-order chi connectivity index (χ1) is 10.7. The molecule has 3 rings (SSSR count). The molecule has 2 aromatic rings. The van der Waals surface area contributed by atoms with Crippen LogP contribution in [0.5, 0.6) is 5.75 Å². The van der Waals surface area contributed by atoms with Gasteiger partial charge in [0.25, 0.3) is 0 Å². The topological polar surface area (TPSA) is 67.6 Å². The number of aliphatic carboxylic acids is 1. The lowest BCUT2D eigenvalue weighted by Gasteiger charge is -2.18. The summed E-state index contributed by atoms with van der Waals surface area (Å²) in [6.45, 7) is 3.56. The molecule has 6 heteroatoms. The average Bonchev–Trinajstić information content (AvgIpc) is 2.84. The van der Waals surface area contributed by atoms with Gasteiger partial charge < -0.3 is 9.84 Å². The number of ether oxygens (including phenoxy) is 1. The molecule has 116 valence electrons. The molecule has 0 amide bonds. The van der Waals surface area contributed by atoms with E-state index in [-0.39, 0.29) is 6.42 Å². The second-order valence-corrected chi connectivity index (χ2v) is 5.42. The van der Waals surface area contributed by atoms with Gasteiger partial charge in [0, 0.05) is 37.0 Å². The number of aromatic nitrogens is 2. The number of nitrogens with zero attached hydrogens (tertiary/aromatic N) is 3. The van der Waals surface area contributed by atoms with Crippen LogP contribution >= 0.6 is 0 Å². The van der Waals surface area contributed by atoms with Crippen molar-refractivity contribution in [1.82, 2.24) is 14.7 Å². The highest BCUT2D eigenvalue weighted by Gasteiger charge is 2.15. The monoisotopic (exact) mass is 301 g/mol. The molecule has 1 N–H and O–H groups in total. The first kappa shape index (κ1) is 14.6. The zero-order valence-corrected chi connectivity index (χ0v) is 12.3. The highest BCUT2D eigenvalue weighted by Crippen LogP contribution is 2.23. The number of hydrogen-bond acceptors (Lipinski definition) is 4. The van der Waals surface area contributed by atoms with Gasteiger partial charge in [-0.3, -0.25) is 14.4 Å². The van der Waals surface area contributed by atoms with Gasteiger partial charge >= 0.3 is 5.97 Å². The molecule has 1 aliphatic heterocycles. The minimum Gasteiger partial charge on any atom is -0.492 e. The molecule has 6 nitrogen and oxygen atoms in total. The van der Waals surface area contributed by atoms with E-state index in [1.807, 2.05) is 24.4 Å². The van der Waals surface area contributed by atoms with Crippen molar-refractivity contribution >= 4 is 5.97 Å². The normalized spacial score (nSPS) is 14.9. The Morgan fingerprint density at radius 3 is 3.09 bits per heavy atom. The quantitative estimate of drug-likeness (QED) is 0.911. The van der Waals surface area contributed by atoms with Crippen molar-refractivity contribution in [2.24, 2.45) is 0 Å². The molecule has 1 aromatic carbocycles. The number of fused-ring (bicyclic) bond motifs is 1. The summed E-state index contributed by atoms with van der Waals surface area (Å²) in [7, 11) is 0. The van der Waals surface area contributed by atoms with Gasteiger partial charge in [-0.1, -0.05) is 18.2 Å². The molecular weight excluding hydrogens is 282 g/mol. The fraction of sp³-hybridized carbons (Fsp3) is 0.375. The van der Waals surface area contributed by atoms with Crippen LogP contribution in [-0.2, 0) is 24.4 Å². The van der Waals surface area contributed by atoms with Crippen LogP contribution in [0.15, 0.2) is 36.7 Å². The number of rotatable bonds is 5. The highest BCUT2D eigenvalue weighted by atomic mass is 16.5. The van der Waals surface area contributed by atoms with E-state index in [1.54, 1.807) is 10.9 Å². The fourth-order valence-corrected chi connectivity index (χ4v) is 2.59. The number of hydrogen-bond donors (Lipinski definition) is 1. The highest BCUT2D eigenvalue weighted by molar-refractivity contribution is 5.66. The van der Waals surface area contributed by atoms with E-state index in [4.69, 9.17) is 9.84 Å². The Kier molecular flexibility index (Phi) is 4.39. The predicted octanol–water partition coefficient (Wildman–Crippen LogP) is 1.75. The minimum absolute atomic E-state index is 0.0893. The van der Waals surface area contributed by atoms with Gasteiger partial charge in [-0.2, -0.15) is 5.10 Å². The van der Waals surface area contributed by atoms with Gasteiger partial charge in [0.15, 0.2) is 0 Å². The molecule has 0 atom stereocenters. The van der Waals surface area contributed by atoms with Crippen molar-refractivity contribution in [3.63, 3.8) is 0 Å². The molecule has 0 spiro atoms. The van der Waals surface area contributed by atoms with Gasteiger partial charge in [-0.05, 0) is 6.07 Å². The van der Waals surface area contributed by atoms with Gasteiger partial charge in [0.2, 0.25) is 0 Å². The number of aryl methyl sites for hydroxylation is 1. The molecule has 0 radical (unpaired) electrons. The molecule has 0 saturated carbocycles. The van der Waals surface area contributed by atoms with Crippen molar-refractivity contribution in [2.45, 2.75) is 26.1 Å². The van der Waals surface area contributed by atoms with Crippen LogP contribution in [0.25, 0.3) is 0 Å². The molecule has 1 aliphatic rings. The zero-order valence-electron chi connectivity index (χ0n) is 12.3. The number of para-hydroxylation sites is 1. The van der Waals surface area contributed by atoms with E-state index in [9.17, 15) is 4.79 Å². The molecule has 1 aromatic heterocycles. The summed E-state index contributed by atoms with van der Waals surface area (Å²) < 4.78 is 7.44. The third-order valence-electron chi connectivity index (χ3n) is 3.68. The molecule has 0 saturated heterocycles. The lowest BCUT2D eigenvalue weighted by molar-refractivity contribution is -0.137. The Morgan fingerprint density at radius 1 is 1.36 bits per heavy atom. The number of carboxylic acid groups (broad SMARTS) is 1. The Labute approximate surface area is 128 Å². The van der Waals surface area contributed by atoms with Gasteiger partial charge in [-0.25, -0.2) is 0 Å². The van der Waals surface area contributed by atoms with Gasteiger partial charge in [-0.15, -0.1) is 0 Å². The summed E-state index contributed by atoms with van der Waals surface area (Å²) in [6.07, 6.45) is 3.81. The SMILES string of the molecule is O=C(O)CCn1cc(CN2CCOc3ccccc3C2)cn1. The summed E-state index contributed by atoms with van der Waals surface area (Å²) in [4.78, 5) is 12.9. The van der Waals surface area contributed by atoms with E-state index in [1.165, 1.54) is 5.56 Å². The largest absolute Gasteiger partial charge is 0.492 e. The third kappa shape index (κ3) is 3.65. The first-order valence-electron chi connectivity index (χ1n) is 7.37. The van der Waals surface area contributed by atoms with Crippen molar-refractivity contribution in [1.29, 1.82) is 0 Å². The number of carboxylic acids is 1. The Bertz CT molecular complexity index is 654. The summed E-state index contributed by atoms with van der Waals surface area (Å²) in [5, 5.41) is 12.9. The smallest absolute Gasteiger partial charge is 0.305 e. The second kappa shape index (κ2) is 6.62. The number of benzene rings is 1. The van der Waals surface area contributed by atoms with Crippen molar-refractivity contribution in [3.05, 3.63) is 47.8 Å². The Morgan fingerprint density at radius 2 is 2.23 bits per heavy atom. The number of carbonyl (C=O) groups is 1. The second-order valence-electron chi connectivity index (χ2n) is 5.42. The average molecular weight is 301 g/mol. The van der Waals surface area contributed by atoms with Crippen LogP contribution in [-0.4, -0.2) is 38.9 Å². The molecular formula is C16H19N3O3. The Hall–Kier alpha value is -2.34.